The van der Waals surface area contributed by atoms with Crippen LogP contribution in [0, 0.1) is 0 Å². The standard InChI is InChI=1S/C20H28N2O4S2/c1-2-3-4-5-6-17-9-13-20(14-10-17)28(25,26)22-16-15-18-7-11-19(12-8-18)27(21,23)24/h7-14,22H,2-6,15-16H2,1H3,(H2,21,23,24). The van der Waals surface area contributed by atoms with E-state index in [1.54, 1.807) is 24.3 Å². The molecule has 0 saturated heterocycles. The zero-order valence-electron chi connectivity index (χ0n) is 16.1. The number of nitrogens with one attached hydrogen (secondary N) is 1. The van der Waals surface area contributed by atoms with Gasteiger partial charge in [-0.05, 0) is 54.7 Å². The highest BCUT2D eigenvalue weighted by atomic mass is 32.2. The number of benzene rings is 2. The number of aryl methyl sites for hydroxylation is 1. The Labute approximate surface area is 168 Å². The van der Waals surface area contributed by atoms with Crippen molar-refractivity contribution in [1.82, 2.24) is 4.72 Å². The first-order valence-electron chi connectivity index (χ1n) is 9.43. The molecule has 0 saturated carbocycles. The Kier molecular flexibility index (Phi) is 8.18. The maximum absolute atomic E-state index is 12.4. The Balaban J connectivity index is 1.87. The van der Waals surface area contributed by atoms with Crippen LogP contribution in [0.3, 0.4) is 0 Å². The SMILES string of the molecule is CCCCCCc1ccc(S(=O)(=O)NCCc2ccc(S(N)(=O)=O)cc2)cc1. The number of hydrogen-bond donors (Lipinski definition) is 2. The molecular weight excluding hydrogens is 396 g/mol. The Morgan fingerprint density at radius 1 is 0.750 bits per heavy atom. The molecule has 154 valence electrons. The van der Waals surface area contributed by atoms with E-state index in [1.807, 2.05) is 12.1 Å². The largest absolute Gasteiger partial charge is 0.240 e. The van der Waals surface area contributed by atoms with Gasteiger partial charge in [-0.1, -0.05) is 50.5 Å². The van der Waals surface area contributed by atoms with Crippen molar-refractivity contribution in [3.63, 3.8) is 0 Å². The number of primary sulfonamides is 1. The molecular formula is C20H28N2O4S2. The molecule has 0 aromatic heterocycles. The van der Waals surface area contributed by atoms with E-state index in [1.165, 1.54) is 31.4 Å². The highest BCUT2D eigenvalue weighted by Gasteiger charge is 2.13. The molecule has 3 N–H and O–H groups in total. The van der Waals surface area contributed by atoms with Crippen LogP contribution in [0.4, 0.5) is 0 Å². The third-order valence-corrected chi connectivity index (χ3v) is 6.92. The zero-order chi connectivity index (χ0) is 20.6. The average Bonchev–Trinajstić information content (AvgIpc) is 2.65. The van der Waals surface area contributed by atoms with Gasteiger partial charge < -0.3 is 0 Å². The molecule has 0 atom stereocenters. The van der Waals surface area contributed by atoms with Crippen molar-refractivity contribution in [1.29, 1.82) is 0 Å². The van der Waals surface area contributed by atoms with Gasteiger partial charge in [0.15, 0.2) is 0 Å². The number of rotatable bonds is 11. The normalized spacial score (nSPS) is 12.2. The second kappa shape index (κ2) is 10.2. The van der Waals surface area contributed by atoms with Crippen molar-refractivity contribution in [2.45, 2.75) is 55.2 Å². The highest BCUT2D eigenvalue weighted by molar-refractivity contribution is 7.89. The maximum Gasteiger partial charge on any atom is 0.240 e. The molecule has 0 aliphatic carbocycles. The minimum absolute atomic E-state index is 0.0339. The molecule has 0 aliphatic rings. The number of nitrogens with two attached hydrogens (primary N) is 1. The molecule has 6 nitrogen and oxygen atoms in total. The molecule has 28 heavy (non-hydrogen) atoms. The lowest BCUT2D eigenvalue weighted by Crippen LogP contribution is -2.26. The summed E-state index contributed by atoms with van der Waals surface area (Å²) in [7, 11) is -7.30. The van der Waals surface area contributed by atoms with E-state index in [0.29, 0.717) is 6.42 Å². The van der Waals surface area contributed by atoms with Gasteiger partial charge in [0.1, 0.15) is 0 Å². The van der Waals surface area contributed by atoms with Crippen molar-refractivity contribution in [3.05, 3.63) is 59.7 Å². The Morgan fingerprint density at radius 3 is 1.82 bits per heavy atom. The summed E-state index contributed by atoms with van der Waals surface area (Å²) in [6, 6.07) is 13.1. The van der Waals surface area contributed by atoms with Crippen LogP contribution in [0.5, 0.6) is 0 Å². The van der Waals surface area contributed by atoms with Crippen LogP contribution in [-0.4, -0.2) is 23.4 Å². The fourth-order valence-corrected chi connectivity index (χ4v) is 4.40. The molecule has 8 heteroatoms. The van der Waals surface area contributed by atoms with E-state index in [4.69, 9.17) is 5.14 Å². The molecule has 0 spiro atoms. The fourth-order valence-electron chi connectivity index (χ4n) is 2.85. The lowest BCUT2D eigenvalue weighted by atomic mass is 10.1. The molecule has 0 aliphatic heterocycles. The van der Waals surface area contributed by atoms with Crippen LogP contribution in [0.1, 0.15) is 43.7 Å². The summed E-state index contributed by atoms with van der Waals surface area (Å²) in [4.78, 5) is 0.279. The van der Waals surface area contributed by atoms with Gasteiger partial charge >= 0.3 is 0 Å². The first-order chi connectivity index (χ1) is 13.2. The van der Waals surface area contributed by atoms with Crippen LogP contribution in [-0.2, 0) is 32.9 Å². The Hall–Kier alpha value is -1.74. The lowest BCUT2D eigenvalue weighted by Gasteiger charge is -2.08. The van der Waals surface area contributed by atoms with Gasteiger partial charge in [-0.3, -0.25) is 0 Å². The van der Waals surface area contributed by atoms with Crippen molar-refractivity contribution < 1.29 is 16.8 Å². The number of sulfonamides is 2. The molecule has 0 fully saturated rings. The van der Waals surface area contributed by atoms with Gasteiger partial charge in [0, 0.05) is 6.54 Å². The first kappa shape index (κ1) is 22.5. The maximum atomic E-state index is 12.4. The molecule has 2 rings (SSSR count). The van der Waals surface area contributed by atoms with Crippen molar-refractivity contribution in [2.75, 3.05) is 6.54 Å². The van der Waals surface area contributed by atoms with E-state index >= 15 is 0 Å². The average molecular weight is 425 g/mol. The predicted molar refractivity (Wildman–Crippen MR) is 111 cm³/mol. The zero-order valence-corrected chi connectivity index (χ0v) is 17.7. The quantitative estimate of drug-likeness (QED) is 0.541. The molecule has 0 unspecified atom stereocenters. The smallest absolute Gasteiger partial charge is 0.225 e. The second-order valence-electron chi connectivity index (χ2n) is 6.79. The fraction of sp³-hybridized carbons (Fsp3) is 0.400. The first-order valence-corrected chi connectivity index (χ1v) is 12.5. The summed E-state index contributed by atoms with van der Waals surface area (Å²) in [5.41, 5.74) is 1.96. The Morgan fingerprint density at radius 2 is 1.29 bits per heavy atom. The van der Waals surface area contributed by atoms with E-state index in [2.05, 4.69) is 11.6 Å². The van der Waals surface area contributed by atoms with Gasteiger partial charge in [-0.15, -0.1) is 0 Å². The van der Waals surface area contributed by atoms with Crippen LogP contribution in [0.15, 0.2) is 58.3 Å². The van der Waals surface area contributed by atoms with Crippen LogP contribution >= 0.6 is 0 Å². The summed E-state index contributed by atoms with van der Waals surface area (Å²) in [5, 5.41) is 5.06. The highest BCUT2D eigenvalue weighted by Crippen LogP contribution is 2.14. The third-order valence-electron chi connectivity index (χ3n) is 4.51. The topological polar surface area (TPSA) is 106 Å². The van der Waals surface area contributed by atoms with E-state index in [0.717, 1.165) is 24.0 Å². The third kappa shape index (κ3) is 7.01. The monoisotopic (exact) mass is 424 g/mol. The Bertz CT molecular complexity index is 952. The van der Waals surface area contributed by atoms with Gasteiger partial charge in [-0.2, -0.15) is 0 Å². The van der Waals surface area contributed by atoms with Gasteiger partial charge in [0.2, 0.25) is 20.0 Å². The van der Waals surface area contributed by atoms with E-state index in [-0.39, 0.29) is 16.3 Å². The molecule has 2 aromatic carbocycles. The predicted octanol–water partition coefficient (Wildman–Crippen LogP) is 2.98. The summed E-state index contributed by atoms with van der Waals surface area (Å²) < 4.78 is 49.9. The van der Waals surface area contributed by atoms with Gasteiger partial charge in [0.25, 0.3) is 0 Å². The number of hydrogen-bond acceptors (Lipinski definition) is 4. The molecule has 0 heterocycles. The summed E-state index contributed by atoms with van der Waals surface area (Å²) in [5.74, 6) is 0. The van der Waals surface area contributed by atoms with Crippen LogP contribution in [0.2, 0.25) is 0 Å². The van der Waals surface area contributed by atoms with Crippen molar-refractivity contribution >= 4 is 20.0 Å². The van der Waals surface area contributed by atoms with E-state index in [9.17, 15) is 16.8 Å². The minimum atomic E-state index is -3.72. The minimum Gasteiger partial charge on any atom is -0.225 e. The van der Waals surface area contributed by atoms with Gasteiger partial charge in [0.05, 0.1) is 9.79 Å². The lowest BCUT2D eigenvalue weighted by molar-refractivity contribution is 0.581. The second-order valence-corrected chi connectivity index (χ2v) is 10.1. The summed E-state index contributed by atoms with van der Waals surface area (Å²) in [6.45, 7) is 2.39. The van der Waals surface area contributed by atoms with Crippen LogP contribution in [0.25, 0.3) is 0 Å². The molecule has 0 bridgehead atoms. The van der Waals surface area contributed by atoms with Gasteiger partial charge in [-0.25, -0.2) is 26.7 Å². The summed E-state index contributed by atoms with van der Waals surface area (Å²) >= 11 is 0. The van der Waals surface area contributed by atoms with Crippen molar-refractivity contribution in [2.24, 2.45) is 5.14 Å². The number of unbranched alkanes of at least 4 members (excludes halogenated alkanes) is 3. The molecule has 2 aromatic rings. The molecule has 0 amide bonds. The van der Waals surface area contributed by atoms with E-state index < -0.39 is 20.0 Å². The molecule has 0 radical (unpaired) electrons. The van der Waals surface area contributed by atoms with Crippen LogP contribution < -0.4 is 9.86 Å². The van der Waals surface area contributed by atoms with Crippen molar-refractivity contribution in [3.8, 4) is 0 Å². The summed E-state index contributed by atoms with van der Waals surface area (Å²) in [6.07, 6.45) is 6.13.